The molecule has 1 N–H and O–H groups in total. The minimum absolute atomic E-state index is 0.192. The van der Waals surface area contributed by atoms with Crippen LogP contribution in [0.2, 0.25) is 0 Å². The predicted molar refractivity (Wildman–Crippen MR) is 85.0 cm³/mol. The Kier molecular flexibility index (Phi) is 6.64. The number of unbranched alkanes of at least 4 members (excludes halogenated alkanes) is 1. The summed E-state index contributed by atoms with van der Waals surface area (Å²) < 4.78 is 50.7. The third-order valence-electron chi connectivity index (χ3n) is 3.96. The van der Waals surface area contributed by atoms with Crippen LogP contribution in [0.5, 0.6) is 0 Å². The van der Waals surface area contributed by atoms with E-state index in [-0.39, 0.29) is 25.4 Å². The Morgan fingerprint density at radius 1 is 1.44 bits per heavy atom. The molecule has 1 aromatic rings. The van der Waals surface area contributed by atoms with E-state index in [1.165, 1.54) is 6.07 Å². The molecule has 0 aromatic heterocycles. The summed E-state index contributed by atoms with van der Waals surface area (Å²) in [6, 6.07) is 5.12. The second-order valence-electron chi connectivity index (χ2n) is 5.82. The van der Waals surface area contributed by atoms with Crippen molar-refractivity contribution in [3.63, 3.8) is 0 Å². The van der Waals surface area contributed by atoms with E-state index >= 15 is 0 Å². The maximum Gasteiger partial charge on any atom is 0.417 e. The van der Waals surface area contributed by atoms with Gasteiger partial charge in [-0.05, 0) is 24.6 Å². The molecule has 25 heavy (non-hydrogen) atoms. The summed E-state index contributed by atoms with van der Waals surface area (Å²) in [5, 5.41) is 18.2. The molecular weight excluding hydrogens is 337 g/mol. The van der Waals surface area contributed by atoms with Gasteiger partial charge >= 0.3 is 6.18 Å². The van der Waals surface area contributed by atoms with Gasteiger partial charge in [0.05, 0.1) is 30.4 Å². The van der Waals surface area contributed by atoms with E-state index in [1.54, 1.807) is 11.0 Å². The van der Waals surface area contributed by atoms with Crippen molar-refractivity contribution in [2.24, 2.45) is 0 Å². The van der Waals surface area contributed by atoms with Crippen LogP contribution in [-0.2, 0) is 15.7 Å². The Labute approximate surface area is 144 Å². The summed E-state index contributed by atoms with van der Waals surface area (Å²) in [5.74, 6) is 0. The first-order chi connectivity index (χ1) is 11.9. The molecule has 0 unspecified atom stereocenters. The fourth-order valence-electron chi connectivity index (χ4n) is 2.65. The van der Waals surface area contributed by atoms with E-state index in [2.05, 4.69) is 0 Å². The van der Waals surface area contributed by atoms with Crippen LogP contribution >= 0.6 is 0 Å². The lowest BCUT2D eigenvalue weighted by molar-refractivity contribution is -0.137. The van der Waals surface area contributed by atoms with Crippen LogP contribution in [0.1, 0.15) is 30.9 Å². The number of rotatable bonds is 7. The first-order valence-electron chi connectivity index (χ1n) is 8.12. The van der Waals surface area contributed by atoms with Crippen LogP contribution in [0.4, 0.5) is 18.9 Å². The number of aliphatic hydroxyl groups excluding tert-OH is 1. The number of halogens is 3. The van der Waals surface area contributed by atoms with E-state index in [0.717, 1.165) is 25.0 Å². The molecule has 0 bridgehead atoms. The zero-order chi connectivity index (χ0) is 18.4. The number of nitrogens with zero attached hydrogens (tertiary/aromatic N) is 2. The van der Waals surface area contributed by atoms with Gasteiger partial charge in [-0.1, -0.05) is 13.3 Å². The van der Waals surface area contributed by atoms with Gasteiger partial charge in [0.15, 0.2) is 6.23 Å². The van der Waals surface area contributed by atoms with Crippen LogP contribution in [0.15, 0.2) is 18.2 Å². The minimum atomic E-state index is -4.62. The molecule has 0 aliphatic carbocycles. The van der Waals surface area contributed by atoms with Crippen LogP contribution in [-0.4, -0.2) is 43.8 Å². The fraction of sp³-hybridized carbons (Fsp3) is 0.588. The van der Waals surface area contributed by atoms with Crippen LogP contribution in [0.25, 0.3) is 0 Å². The lowest BCUT2D eigenvalue weighted by Gasteiger charge is -2.26. The fourth-order valence-corrected chi connectivity index (χ4v) is 2.65. The lowest BCUT2D eigenvalue weighted by Crippen LogP contribution is -2.34. The van der Waals surface area contributed by atoms with Crippen molar-refractivity contribution in [1.82, 2.24) is 0 Å². The lowest BCUT2D eigenvalue weighted by atomic mass is 10.1. The predicted octanol–water partition coefficient (Wildman–Crippen LogP) is 2.92. The van der Waals surface area contributed by atoms with Crippen LogP contribution < -0.4 is 4.90 Å². The molecule has 0 radical (unpaired) electrons. The van der Waals surface area contributed by atoms with Gasteiger partial charge in [-0.2, -0.15) is 18.4 Å². The van der Waals surface area contributed by atoms with Crippen molar-refractivity contribution < 1.29 is 27.8 Å². The van der Waals surface area contributed by atoms with Crippen molar-refractivity contribution in [3.05, 3.63) is 29.3 Å². The standard InChI is InChI=1S/C17H21F3N2O3/c1-2-3-6-24-11-16-22(9-14(10-23)25-16)13-5-4-12(8-21)15(7-13)17(18,19)20/h4-5,7,14,16,23H,2-3,6,9-11H2,1H3/t14-,16+/m0/s1. The van der Waals surface area contributed by atoms with Crippen molar-refractivity contribution in [3.8, 4) is 6.07 Å². The highest BCUT2D eigenvalue weighted by molar-refractivity contribution is 5.55. The quantitative estimate of drug-likeness (QED) is 0.759. The Bertz CT molecular complexity index is 616. The molecule has 0 saturated carbocycles. The van der Waals surface area contributed by atoms with Gasteiger partial charge in [0.25, 0.3) is 0 Å². The zero-order valence-corrected chi connectivity index (χ0v) is 13.9. The average molecular weight is 358 g/mol. The zero-order valence-electron chi connectivity index (χ0n) is 13.9. The molecule has 1 aromatic carbocycles. The summed E-state index contributed by atoms with van der Waals surface area (Å²) in [7, 11) is 0. The summed E-state index contributed by atoms with van der Waals surface area (Å²) in [4.78, 5) is 1.63. The maximum atomic E-state index is 13.2. The number of aliphatic hydroxyl groups is 1. The normalized spacial score (nSPS) is 20.7. The molecule has 2 rings (SSSR count). The number of alkyl halides is 3. The molecule has 2 atom stereocenters. The Hall–Kier alpha value is -1.82. The summed E-state index contributed by atoms with van der Waals surface area (Å²) in [5.41, 5.74) is -1.12. The molecule has 1 saturated heterocycles. The van der Waals surface area contributed by atoms with Crippen LogP contribution in [0, 0.1) is 11.3 Å². The Morgan fingerprint density at radius 2 is 2.20 bits per heavy atom. The highest BCUT2D eigenvalue weighted by Crippen LogP contribution is 2.36. The van der Waals surface area contributed by atoms with Crippen molar-refractivity contribution in [1.29, 1.82) is 5.26 Å². The third-order valence-corrected chi connectivity index (χ3v) is 3.96. The van der Waals surface area contributed by atoms with Gasteiger partial charge < -0.3 is 19.5 Å². The first-order valence-corrected chi connectivity index (χ1v) is 8.12. The molecule has 1 heterocycles. The van der Waals surface area contributed by atoms with Gasteiger partial charge in [0.2, 0.25) is 0 Å². The highest BCUT2D eigenvalue weighted by Gasteiger charge is 2.37. The molecule has 1 aliphatic rings. The smallest absolute Gasteiger partial charge is 0.394 e. The van der Waals surface area contributed by atoms with Gasteiger partial charge in [-0.15, -0.1) is 0 Å². The van der Waals surface area contributed by atoms with Crippen molar-refractivity contribution >= 4 is 5.69 Å². The maximum absolute atomic E-state index is 13.2. The Morgan fingerprint density at radius 3 is 2.80 bits per heavy atom. The number of ether oxygens (including phenoxy) is 2. The number of anilines is 1. The minimum Gasteiger partial charge on any atom is -0.394 e. The number of hydrogen-bond donors (Lipinski definition) is 1. The molecule has 0 amide bonds. The van der Waals surface area contributed by atoms with E-state index in [9.17, 15) is 18.3 Å². The number of hydrogen-bond acceptors (Lipinski definition) is 5. The highest BCUT2D eigenvalue weighted by atomic mass is 19.4. The van der Waals surface area contributed by atoms with E-state index in [4.69, 9.17) is 14.7 Å². The van der Waals surface area contributed by atoms with Crippen LogP contribution in [0.3, 0.4) is 0 Å². The topological polar surface area (TPSA) is 65.7 Å². The Balaban J connectivity index is 2.23. The molecule has 1 aliphatic heterocycles. The van der Waals surface area contributed by atoms with E-state index in [1.807, 2.05) is 6.92 Å². The monoisotopic (exact) mass is 358 g/mol. The first kappa shape index (κ1) is 19.5. The largest absolute Gasteiger partial charge is 0.417 e. The van der Waals surface area contributed by atoms with E-state index < -0.39 is 29.6 Å². The molecule has 1 fully saturated rings. The van der Waals surface area contributed by atoms with Gasteiger partial charge in [-0.3, -0.25) is 0 Å². The summed E-state index contributed by atoms with van der Waals surface area (Å²) >= 11 is 0. The summed E-state index contributed by atoms with van der Waals surface area (Å²) in [6.45, 7) is 2.78. The van der Waals surface area contributed by atoms with Gasteiger partial charge in [0, 0.05) is 18.8 Å². The molecule has 0 spiro atoms. The second-order valence-corrected chi connectivity index (χ2v) is 5.82. The molecule has 138 valence electrons. The average Bonchev–Trinajstić information content (AvgIpc) is 3.00. The number of benzene rings is 1. The van der Waals surface area contributed by atoms with Crippen molar-refractivity contribution in [2.45, 2.75) is 38.3 Å². The molecule has 8 heteroatoms. The third kappa shape index (κ3) is 4.84. The summed E-state index contributed by atoms with van der Waals surface area (Å²) in [6.07, 6.45) is -3.84. The molecule has 5 nitrogen and oxygen atoms in total. The van der Waals surface area contributed by atoms with Crippen molar-refractivity contribution in [2.75, 3.05) is 31.3 Å². The second kappa shape index (κ2) is 8.52. The van der Waals surface area contributed by atoms with E-state index in [0.29, 0.717) is 6.61 Å². The van der Waals surface area contributed by atoms with Gasteiger partial charge in [-0.25, -0.2) is 0 Å². The van der Waals surface area contributed by atoms with Gasteiger partial charge in [0.1, 0.15) is 6.10 Å². The molecular formula is C17H21F3N2O3. The SMILES string of the molecule is CCCCOC[C@H]1O[C@H](CO)CN1c1ccc(C#N)c(C(F)(F)F)c1. The number of nitriles is 1.